The van der Waals surface area contributed by atoms with Gasteiger partial charge in [-0.1, -0.05) is 18.2 Å². The SMILES string of the molecule is Cn1nc(C(=O)NCC(=O)NCC(=O)O)c2ccccc21. The molecule has 0 atom stereocenters. The summed E-state index contributed by atoms with van der Waals surface area (Å²) in [6.45, 7) is -0.793. The van der Waals surface area contributed by atoms with E-state index in [2.05, 4.69) is 15.7 Å². The molecule has 0 radical (unpaired) electrons. The van der Waals surface area contributed by atoms with Gasteiger partial charge in [-0.05, 0) is 6.07 Å². The van der Waals surface area contributed by atoms with Gasteiger partial charge in [0.05, 0.1) is 12.1 Å². The molecule has 0 aliphatic rings. The quantitative estimate of drug-likeness (QED) is 0.687. The van der Waals surface area contributed by atoms with E-state index in [1.165, 1.54) is 0 Å². The van der Waals surface area contributed by atoms with Crippen LogP contribution in [0.1, 0.15) is 10.5 Å². The number of nitrogens with zero attached hydrogens (tertiary/aromatic N) is 2. The lowest BCUT2D eigenvalue weighted by Gasteiger charge is -2.03. The molecule has 1 heterocycles. The number of hydrogen-bond acceptors (Lipinski definition) is 4. The largest absolute Gasteiger partial charge is 0.480 e. The third-order valence-corrected chi connectivity index (χ3v) is 2.82. The van der Waals surface area contributed by atoms with E-state index in [0.29, 0.717) is 5.39 Å². The van der Waals surface area contributed by atoms with Gasteiger partial charge in [0.15, 0.2) is 5.69 Å². The Bertz CT molecular complexity index is 707. The minimum atomic E-state index is -1.15. The van der Waals surface area contributed by atoms with Crippen molar-refractivity contribution in [1.29, 1.82) is 0 Å². The van der Waals surface area contributed by atoms with E-state index in [4.69, 9.17) is 5.11 Å². The van der Waals surface area contributed by atoms with Crippen molar-refractivity contribution in [3.05, 3.63) is 30.0 Å². The van der Waals surface area contributed by atoms with Crippen LogP contribution in [0.3, 0.4) is 0 Å². The van der Waals surface area contributed by atoms with Gasteiger partial charge in [0, 0.05) is 12.4 Å². The first-order chi connectivity index (χ1) is 9.99. The van der Waals surface area contributed by atoms with E-state index in [9.17, 15) is 14.4 Å². The summed E-state index contributed by atoms with van der Waals surface area (Å²) in [5.41, 5.74) is 1.03. The van der Waals surface area contributed by atoms with Gasteiger partial charge in [0.1, 0.15) is 6.54 Å². The number of carbonyl (C=O) groups excluding carboxylic acids is 2. The fraction of sp³-hybridized carbons (Fsp3) is 0.231. The molecule has 0 bridgehead atoms. The smallest absolute Gasteiger partial charge is 0.322 e. The van der Waals surface area contributed by atoms with Crippen LogP contribution in [0.4, 0.5) is 0 Å². The highest BCUT2D eigenvalue weighted by Gasteiger charge is 2.16. The molecule has 0 aliphatic carbocycles. The van der Waals surface area contributed by atoms with Gasteiger partial charge in [-0.2, -0.15) is 5.10 Å². The summed E-state index contributed by atoms with van der Waals surface area (Å²) in [5, 5.41) is 17.8. The van der Waals surface area contributed by atoms with Crippen molar-refractivity contribution in [2.75, 3.05) is 13.1 Å². The summed E-state index contributed by atoms with van der Waals surface area (Å²) >= 11 is 0. The lowest BCUT2D eigenvalue weighted by atomic mass is 10.2. The standard InChI is InChI=1S/C13H14N4O4/c1-17-9-5-3-2-4-8(9)12(16-17)13(21)15-6-10(18)14-7-11(19)20/h2-5H,6-7H2,1H3,(H,14,18)(H,15,21)(H,19,20). The van der Waals surface area contributed by atoms with E-state index in [-0.39, 0.29) is 12.2 Å². The molecule has 0 aliphatic heterocycles. The molecule has 2 rings (SSSR count). The summed E-state index contributed by atoms with van der Waals surface area (Å²) in [6.07, 6.45) is 0. The van der Waals surface area contributed by atoms with Gasteiger partial charge >= 0.3 is 5.97 Å². The predicted octanol–water partition coefficient (Wildman–Crippen LogP) is -0.496. The number of carboxylic acid groups (broad SMARTS) is 1. The topological polar surface area (TPSA) is 113 Å². The van der Waals surface area contributed by atoms with Crippen molar-refractivity contribution in [2.45, 2.75) is 0 Å². The molecule has 1 aromatic carbocycles. The maximum atomic E-state index is 12.0. The van der Waals surface area contributed by atoms with Gasteiger partial charge in [-0.3, -0.25) is 19.1 Å². The number of para-hydroxylation sites is 1. The molecular formula is C13H14N4O4. The van der Waals surface area contributed by atoms with E-state index in [1.54, 1.807) is 23.9 Å². The molecular weight excluding hydrogens is 276 g/mol. The number of aromatic nitrogens is 2. The maximum Gasteiger partial charge on any atom is 0.322 e. The fourth-order valence-electron chi connectivity index (χ4n) is 1.86. The number of fused-ring (bicyclic) bond motifs is 1. The molecule has 2 amide bonds. The van der Waals surface area contributed by atoms with Crippen LogP contribution in [-0.2, 0) is 16.6 Å². The van der Waals surface area contributed by atoms with E-state index >= 15 is 0 Å². The Morgan fingerprint density at radius 3 is 2.62 bits per heavy atom. The van der Waals surface area contributed by atoms with Crippen LogP contribution in [0, 0.1) is 0 Å². The van der Waals surface area contributed by atoms with Crippen LogP contribution in [0.5, 0.6) is 0 Å². The number of aryl methyl sites for hydroxylation is 1. The number of hydrogen-bond donors (Lipinski definition) is 3. The number of aliphatic carboxylic acids is 1. The molecule has 0 saturated heterocycles. The van der Waals surface area contributed by atoms with Gasteiger partial charge in [0.2, 0.25) is 5.91 Å². The number of rotatable bonds is 5. The first-order valence-electron chi connectivity index (χ1n) is 6.17. The molecule has 2 aromatic rings. The number of nitrogens with one attached hydrogen (secondary N) is 2. The number of benzene rings is 1. The maximum absolute atomic E-state index is 12.0. The zero-order chi connectivity index (χ0) is 15.4. The average Bonchev–Trinajstić information content (AvgIpc) is 2.80. The van der Waals surface area contributed by atoms with Crippen LogP contribution >= 0.6 is 0 Å². The monoisotopic (exact) mass is 290 g/mol. The summed E-state index contributed by atoms with van der Waals surface area (Å²) in [6, 6.07) is 7.23. The molecule has 0 fully saturated rings. The first kappa shape index (κ1) is 14.5. The van der Waals surface area contributed by atoms with Crippen molar-refractivity contribution in [1.82, 2.24) is 20.4 Å². The molecule has 8 heteroatoms. The first-order valence-corrected chi connectivity index (χ1v) is 6.17. The Labute approximate surface area is 119 Å². The Balaban J connectivity index is 2.03. The van der Waals surface area contributed by atoms with Crippen LogP contribution < -0.4 is 10.6 Å². The second-order valence-electron chi connectivity index (χ2n) is 4.34. The van der Waals surface area contributed by atoms with E-state index in [1.807, 2.05) is 12.1 Å². The Hall–Kier alpha value is -2.90. The second kappa shape index (κ2) is 6.04. The lowest BCUT2D eigenvalue weighted by molar-refractivity contribution is -0.137. The van der Waals surface area contributed by atoms with Gasteiger partial charge in [0.25, 0.3) is 5.91 Å². The highest BCUT2D eigenvalue weighted by Crippen LogP contribution is 2.16. The van der Waals surface area contributed by atoms with Crippen LogP contribution in [0.2, 0.25) is 0 Å². The zero-order valence-electron chi connectivity index (χ0n) is 11.3. The van der Waals surface area contributed by atoms with Gasteiger partial charge < -0.3 is 15.7 Å². The zero-order valence-corrected chi connectivity index (χ0v) is 11.3. The molecule has 0 unspecified atom stereocenters. The Morgan fingerprint density at radius 1 is 1.19 bits per heavy atom. The number of carboxylic acids is 1. The fourth-order valence-corrected chi connectivity index (χ4v) is 1.86. The van der Waals surface area contributed by atoms with E-state index < -0.39 is 24.3 Å². The van der Waals surface area contributed by atoms with Crippen molar-refractivity contribution in [3.63, 3.8) is 0 Å². The summed E-state index contributed by atoms with van der Waals surface area (Å²) in [7, 11) is 1.72. The van der Waals surface area contributed by atoms with Crippen molar-refractivity contribution < 1.29 is 19.5 Å². The molecule has 0 spiro atoms. The molecule has 3 N–H and O–H groups in total. The van der Waals surface area contributed by atoms with Gasteiger partial charge in [-0.25, -0.2) is 0 Å². The van der Waals surface area contributed by atoms with Crippen molar-refractivity contribution in [3.8, 4) is 0 Å². The highest BCUT2D eigenvalue weighted by molar-refractivity contribution is 6.05. The number of amides is 2. The van der Waals surface area contributed by atoms with Crippen LogP contribution in [0.25, 0.3) is 10.9 Å². The predicted molar refractivity (Wildman–Crippen MR) is 73.7 cm³/mol. The summed E-state index contributed by atoms with van der Waals surface area (Å²) < 4.78 is 1.58. The minimum absolute atomic E-state index is 0.221. The van der Waals surface area contributed by atoms with Crippen LogP contribution in [0.15, 0.2) is 24.3 Å². The summed E-state index contributed by atoms with van der Waals surface area (Å²) in [5.74, 6) is -2.21. The molecule has 0 saturated carbocycles. The number of carbonyl (C=O) groups is 3. The summed E-state index contributed by atoms with van der Waals surface area (Å²) in [4.78, 5) is 33.7. The van der Waals surface area contributed by atoms with Crippen molar-refractivity contribution >= 4 is 28.7 Å². The molecule has 8 nitrogen and oxygen atoms in total. The average molecular weight is 290 g/mol. The van der Waals surface area contributed by atoms with E-state index in [0.717, 1.165) is 5.52 Å². The van der Waals surface area contributed by atoms with Crippen LogP contribution in [-0.4, -0.2) is 45.8 Å². The molecule has 110 valence electrons. The molecule has 1 aromatic heterocycles. The van der Waals surface area contributed by atoms with Gasteiger partial charge in [-0.15, -0.1) is 0 Å². The Kier molecular flexibility index (Phi) is 4.17. The third-order valence-electron chi connectivity index (χ3n) is 2.82. The lowest BCUT2D eigenvalue weighted by Crippen LogP contribution is -2.39. The second-order valence-corrected chi connectivity index (χ2v) is 4.34. The Morgan fingerprint density at radius 2 is 1.90 bits per heavy atom. The van der Waals surface area contributed by atoms with Crippen molar-refractivity contribution in [2.24, 2.45) is 7.05 Å². The minimum Gasteiger partial charge on any atom is -0.480 e. The highest BCUT2D eigenvalue weighted by atomic mass is 16.4. The third kappa shape index (κ3) is 3.35. The normalized spacial score (nSPS) is 10.3. The molecule has 21 heavy (non-hydrogen) atoms.